The average molecular weight is 308 g/mol. The quantitative estimate of drug-likeness (QED) is 0.832. The highest BCUT2D eigenvalue weighted by Crippen LogP contribution is 2.18. The van der Waals surface area contributed by atoms with Crippen molar-refractivity contribution in [1.82, 2.24) is 14.8 Å². The van der Waals surface area contributed by atoms with Gasteiger partial charge in [-0.2, -0.15) is 0 Å². The predicted octanol–water partition coefficient (Wildman–Crippen LogP) is 2.75. The minimum absolute atomic E-state index is 0.0439. The number of benzene rings is 1. The molecular formula is C13H16N4OS2. The summed E-state index contributed by atoms with van der Waals surface area (Å²) >= 11 is 3.06. The molecule has 1 heterocycles. The summed E-state index contributed by atoms with van der Waals surface area (Å²) in [7, 11) is 0. The number of nitrogens with zero attached hydrogens (tertiary/aromatic N) is 3. The van der Waals surface area contributed by atoms with Gasteiger partial charge in [0, 0.05) is 17.1 Å². The molecule has 0 atom stereocenters. The molecule has 2 rings (SSSR count). The first-order valence-electron chi connectivity index (χ1n) is 6.17. The van der Waals surface area contributed by atoms with Crippen molar-refractivity contribution in [2.45, 2.75) is 23.5 Å². The maximum atomic E-state index is 11.9. The van der Waals surface area contributed by atoms with Crippen molar-refractivity contribution in [3.8, 4) is 0 Å². The smallest absolute Gasteiger partial charge is 0.234 e. The zero-order chi connectivity index (χ0) is 14.4. The number of aryl methyl sites for hydroxylation is 1. The molecule has 0 aliphatic rings. The maximum Gasteiger partial charge on any atom is 0.234 e. The number of hydrogen-bond acceptors (Lipinski definition) is 5. The van der Waals surface area contributed by atoms with Gasteiger partial charge in [0.1, 0.15) is 6.33 Å². The lowest BCUT2D eigenvalue weighted by Gasteiger charge is -2.06. The van der Waals surface area contributed by atoms with Crippen molar-refractivity contribution in [3.05, 3.63) is 30.6 Å². The van der Waals surface area contributed by atoms with Crippen LogP contribution >= 0.6 is 23.5 Å². The van der Waals surface area contributed by atoms with E-state index in [-0.39, 0.29) is 5.91 Å². The van der Waals surface area contributed by atoms with Crippen LogP contribution in [0.25, 0.3) is 0 Å². The van der Waals surface area contributed by atoms with Crippen molar-refractivity contribution in [2.24, 2.45) is 0 Å². The van der Waals surface area contributed by atoms with Gasteiger partial charge in [0.15, 0.2) is 5.16 Å². The van der Waals surface area contributed by atoms with E-state index in [2.05, 4.69) is 15.5 Å². The minimum Gasteiger partial charge on any atom is -0.325 e. The van der Waals surface area contributed by atoms with Crippen molar-refractivity contribution in [1.29, 1.82) is 0 Å². The van der Waals surface area contributed by atoms with Gasteiger partial charge in [-0.15, -0.1) is 22.0 Å². The summed E-state index contributed by atoms with van der Waals surface area (Å²) in [6.07, 6.45) is 3.69. The first-order chi connectivity index (χ1) is 9.72. The Morgan fingerprint density at radius 1 is 1.35 bits per heavy atom. The van der Waals surface area contributed by atoms with Gasteiger partial charge in [-0.3, -0.25) is 4.79 Å². The third-order valence-corrected chi connectivity index (χ3v) is 4.35. The Morgan fingerprint density at radius 3 is 2.75 bits per heavy atom. The Bertz CT molecular complexity index is 568. The lowest BCUT2D eigenvalue weighted by Crippen LogP contribution is -2.14. The second kappa shape index (κ2) is 7.35. The van der Waals surface area contributed by atoms with Crippen molar-refractivity contribution < 1.29 is 4.79 Å². The van der Waals surface area contributed by atoms with E-state index >= 15 is 0 Å². The Hall–Kier alpha value is -1.47. The van der Waals surface area contributed by atoms with Gasteiger partial charge in [0.2, 0.25) is 5.91 Å². The van der Waals surface area contributed by atoms with Crippen LogP contribution in [0.2, 0.25) is 0 Å². The van der Waals surface area contributed by atoms with Crippen molar-refractivity contribution in [2.75, 3.05) is 17.3 Å². The lowest BCUT2D eigenvalue weighted by atomic mass is 10.3. The van der Waals surface area contributed by atoms with Crippen LogP contribution in [0, 0.1) is 0 Å². The van der Waals surface area contributed by atoms with Crippen LogP contribution < -0.4 is 5.32 Å². The van der Waals surface area contributed by atoms with Crippen LogP contribution in [0.5, 0.6) is 0 Å². The summed E-state index contributed by atoms with van der Waals surface area (Å²) in [4.78, 5) is 13.0. The Balaban J connectivity index is 1.86. The third kappa shape index (κ3) is 4.01. The first kappa shape index (κ1) is 14.9. The molecule has 0 saturated heterocycles. The highest BCUT2D eigenvalue weighted by molar-refractivity contribution is 7.99. The van der Waals surface area contributed by atoms with Gasteiger partial charge in [-0.25, -0.2) is 0 Å². The molecule has 0 saturated carbocycles. The van der Waals surface area contributed by atoms with E-state index in [1.54, 1.807) is 18.1 Å². The van der Waals surface area contributed by atoms with E-state index in [9.17, 15) is 4.79 Å². The molecule has 5 nitrogen and oxygen atoms in total. The normalized spacial score (nSPS) is 10.5. The molecule has 0 spiro atoms. The minimum atomic E-state index is -0.0439. The molecule has 2 aromatic rings. The number of carbonyl (C=O) groups excluding carboxylic acids is 1. The van der Waals surface area contributed by atoms with Gasteiger partial charge in [0.05, 0.1) is 5.75 Å². The Kier molecular flexibility index (Phi) is 5.49. The van der Waals surface area contributed by atoms with Crippen molar-refractivity contribution in [3.63, 3.8) is 0 Å². The number of carbonyl (C=O) groups is 1. The molecule has 0 radical (unpaired) electrons. The highest BCUT2D eigenvalue weighted by Gasteiger charge is 2.08. The molecule has 1 aromatic heterocycles. The number of aromatic nitrogens is 3. The number of nitrogens with one attached hydrogen (secondary N) is 1. The van der Waals surface area contributed by atoms with Crippen LogP contribution in [0.3, 0.4) is 0 Å². The summed E-state index contributed by atoms with van der Waals surface area (Å²) in [5, 5.41) is 11.4. The molecule has 106 valence electrons. The Labute approximate surface area is 126 Å². The monoisotopic (exact) mass is 308 g/mol. The fraction of sp³-hybridized carbons (Fsp3) is 0.308. The highest BCUT2D eigenvalue weighted by atomic mass is 32.2. The zero-order valence-corrected chi connectivity index (χ0v) is 13.0. The molecule has 20 heavy (non-hydrogen) atoms. The largest absolute Gasteiger partial charge is 0.325 e. The van der Waals surface area contributed by atoms with E-state index in [0.29, 0.717) is 5.75 Å². The van der Waals surface area contributed by atoms with Crippen LogP contribution in [0.4, 0.5) is 5.69 Å². The summed E-state index contributed by atoms with van der Waals surface area (Å²) in [6.45, 7) is 2.81. The van der Waals surface area contributed by atoms with E-state index in [4.69, 9.17) is 0 Å². The molecule has 0 aliphatic carbocycles. The number of anilines is 1. The van der Waals surface area contributed by atoms with Crippen LogP contribution in [0.1, 0.15) is 6.92 Å². The van der Waals surface area contributed by atoms with E-state index in [0.717, 1.165) is 17.4 Å². The summed E-state index contributed by atoms with van der Waals surface area (Å²) < 4.78 is 1.91. The van der Waals surface area contributed by atoms with Gasteiger partial charge in [-0.05, 0) is 37.4 Å². The molecule has 1 N–H and O–H groups in total. The lowest BCUT2D eigenvalue weighted by molar-refractivity contribution is -0.113. The topological polar surface area (TPSA) is 59.8 Å². The standard InChI is InChI=1S/C13H16N4OS2/c1-3-17-9-14-16-13(17)20-8-12(18)15-10-4-6-11(19-2)7-5-10/h4-7,9H,3,8H2,1-2H3,(H,15,18). The molecule has 1 aromatic carbocycles. The van der Waals surface area contributed by atoms with Crippen LogP contribution in [-0.2, 0) is 11.3 Å². The van der Waals surface area contributed by atoms with Crippen LogP contribution in [-0.4, -0.2) is 32.7 Å². The molecule has 0 unspecified atom stereocenters. The van der Waals surface area contributed by atoms with Crippen molar-refractivity contribution >= 4 is 35.1 Å². The predicted molar refractivity (Wildman–Crippen MR) is 83.3 cm³/mol. The Morgan fingerprint density at radius 2 is 2.10 bits per heavy atom. The summed E-state index contributed by atoms with van der Waals surface area (Å²) in [5.41, 5.74) is 0.811. The first-order valence-corrected chi connectivity index (χ1v) is 8.38. The number of amides is 1. The van der Waals surface area contributed by atoms with Crippen LogP contribution in [0.15, 0.2) is 40.6 Å². The molecule has 0 aliphatic heterocycles. The third-order valence-electron chi connectivity index (χ3n) is 2.63. The molecule has 0 fully saturated rings. The SMILES string of the molecule is CCn1cnnc1SCC(=O)Nc1ccc(SC)cc1. The maximum absolute atomic E-state index is 11.9. The van der Waals surface area contributed by atoms with Gasteiger partial charge >= 0.3 is 0 Å². The number of thioether (sulfide) groups is 2. The van der Waals surface area contributed by atoms with Gasteiger partial charge in [-0.1, -0.05) is 11.8 Å². The van der Waals surface area contributed by atoms with E-state index in [1.165, 1.54) is 16.7 Å². The summed E-state index contributed by atoms with van der Waals surface area (Å²) in [6, 6.07) is 7.79. The fourth-order valence-electron chi connectivity index (χ4n) is 1.57. The molecule has 7 heteroatoms. The zero-order valence-electron chi connectivity index (χ0n) is 11.4. The summed E-state index contributed by atoms with van der Waals surface area (Å²) in [5.74, 6) is 0.278. The van der Waals surface area contributed by atoms with Gasteiger partial charge in [0.25, 0.3) is 0 Å². The molecular weight excluding hydrogens is 292 g/mol. The van der Waals surface area contributed by atoms with E-state index in [1.807, 2.05) is 42.0 Å². The second-order valence-corrected chi connectivity index (χ2v) is 5.79. The van der Waals surface area contributed by atoms with E-state index < -0.39 is 0 Å². The average Bonchev–Trinajstić information content (AvgIpc) is 2.93. The number of hydrogen-bond donors (Lipinski definition) is 1. The second-order valence-electron chi connectivity index (χ2n) is 3.96. The fourth-order valence-corrected chi connectivity index (χ4v) is 2.76. The number of rotatable bonds is 6. The van der Waals surface area contributed by atoms with Gasteiger partial charge < -0.3 is 9.88 Å². The molecule has 1 amide bonds. The molecule has 0 bridgehead atoms.